The largest absolute Gasteiger partial charge is 0.507 e. The Balaban J connectivity index is 4.26. The first-order valence-corrected chi connectivity index (χ1v) is 10.7. The Morgan fingerprint density at radius 3 is 0.979 bits per heavy atom. The molecule has 1 aromatic carbocycles. The van der Waals surface area contributed by atoms with Crippen LogP contribution in [0.3, 0.4) is 0 Å². The van der Waals surface area contributed by atoms with Gasteiger partial charge in [0, 0.05) is 5.56 Å². The summed E-state index contributed by atoms with van der Waals surface area (Å²) in [6.45, 7) is -0.255. The monoisotopic (exact) mass is 772 g/mol. The Labute approximate surface area is 244 Å². The lowest BCUT2D eigenvalue weighted by Gasteiger charge is -2.41. The van der Waals surface area contributed by atoms with Crippen molar-refractivity contribution < 1.29 is 124 Å². The highest BCUT2D eigenvalue weighted by Crippen LogP contribution is 2.65. The van der Waals surface area contributed by atoms with Gasteiger partial charge in [-0.25, -0.2) is 0 Å². The summed E-state index contributed by atoms with van der Waals surface area (Å²) in [4.78, 5) is 11.5. The van der Waals surface area contributed by atoms with Crippen LogP contribution in [-0.2, 0) is 11.8 Å². The van der Waals surface area contributed by atoms with Crippen LogP contribution in [0.2, 0.25) is 0 Å². The molecule has 0 spiro atoms. The van der Waals surface area contributed by atoms with Gasteiger partial charge in [0.2, 0.25) is 0 Å². The molecular formula is C20H6F26O2. The maximum absolute atomic E-state index is 14.6. The summed E-state index contributed by atoms with van der Waals surface area (Å²) in [7, 11) is 0. The Kier molecular flexibility index (Phi) is 9.77. The number of carbonyl (C=O) groups is 1. The van der Waals surface area contributed by atoms with Crippen molar-refractivity contribution in [1.29, 1.82) is 0 Å². The average Bonchev–Trinajstić information content (AvgIpc) is 2.85. The third kappa shape index (κ3) is 5.32. The maximum atomic E-state index is 14.6. The maximum Gasteiger partial charge on any atom is 0.460 e. The molecule has 0 aromatic heterocycles. The molecule has 0 radical (unpaired) electrons. The molecule has 1 rings (SSSR count). The second kappa shape index (κ2) is 10.9. The van der Waals surface area contributed by atoms with E-state index in [0.717, 1.165) is 0 Å². The third-order valence-corrected chi connectivity index (χ3v) is 6.06. The quantitative estimate of drug-likeness (QED) is 0.180. The summed E-state index contributed by atoms with van der Waals surface area (Å²) >= 11 is 0. The van der Waals surface area contributed by atoms with Gasteiger partial charge in [0.1, 0.15) is 5.75 Å². The number of phenolic OH excluding ortho intramolecular Hbond substituents is 1. The van der Waals surface area contributed by atoms with Gasteiger partial charge in [0.05, 0.1) is 11.1 Å². The molecule has 0 aliphatic heterocycles. The van der Waals surface area contributed by atoms with Crippen molar-refractivity contribution >= 4 is 5.78 Å². The zero-order chi connectivity index (χ0) is 39.3. The Bertz CT molecular complexity index is 1400. The SMILES string of the molecule is CC(=O)c1cc(C(F)(F)C(F)(F)C(F)(F)C(F)(F)C(F)(F)C(F)(F)F)cc(C(F)(F)C(F)(F)C(F)(F)C(F)(F)C(F)(F)C(F)(F)F)c1O. The fraction of sp³-hybridized carbons (Fsp3) is 0.650. The molecule has 0 unspecified atom stereocenters. The van der Waals surface area contributed by atoms with E-state index in [0.29, 0.717) is 0 Å². The van der Waals surface area contributed by atoms with Crippen molar-refractivity contribution in [2.75, 3.05) is 0 Å². The predicted octanol–water partition coefficient (Wildman–Crippen LogP) is 9.99. The first-order valence-electron chi connectivity index (χ1n) is 10.7. The van der Waals surface area contributed by atoms with E-state index in [9.17, 15) is 124 Å². The summed E-state index contributed by atoms with van der Waals surface area (Å²) in [5.41, 5.74) is -10.7. The number of carbonyl (C=O) groups excluding carboxylic acids is 1. The Hall–Kier alpha value is -3.13. The van der Waals surface area contributed by atoms with E-state index < -0.39 is 112 Å². The molecule has 0 atom stereocenters. The molecule has 0 saturated heterocycles. The summed E-state index contributed by atoms with van der Waals surface area (Å²) in [5, 5.41) is 9.57. The summed E-state index contributed by atoms with van der Waals surface area (Å²) in [6.07, 6.45) is -16.0. The van der Waals surface area contributed by atoms with Gasteiger partial charge in [0.15, 0.2) is 5.78 Å². The van der Waals surface area contributed by atoms with E-state index in [1.165, 1.54) is 0 Å². The number of aromatic hydroxyl groups is 1. The zero-order valence-corrected chi connectivity index (χ0v) is 21.3. The fourth-order valence-electron chi connectivity index (χ4n) is 3.21. The van der Waals surface area contributed by atoms with Gasteiger partial charge in [0.25, 0.3) is 0 Å². The lowest BCUT2D eigenvalue weighted by atomic mass is 9.85. The molecule has 0 bridgehead atoms. The van der Waals surface area contributed by atoms with Gasteiger partial charge in [-0.1, -0.05) is 0 Å². The van der Waals surface area contributed by atoms with Crippen LogP contribution in [0, 0.1) is 0 Å². The van der Waals surface area contributed by atoms with Crippen molar-refractivity contribution in [3.63, 3.8) is 0 Å². The number of hydrogen-bond acceptors (Lipinski definition) is 2. The van der Waals surface area contributed by atoms with Crippen LogP contribution in [0.1, 0.15) is 28.4 Å². The predicted molar refractivity (Wildman–Crippen MR) is 97.6 cm³/mol. The summed E-state index contributed by atoms with van der Waals surface area (Å²) < 4.78 is 350. The number of alkyl halides is 26. The molecule has 0 aliphatic carbocycles. The minimum absolute atomic E-state index is 0.255. The molecule has 0 aliphatic rings. The van der Waals surface area contributed by atoms with E-state index >= 15 is 0 Å². The molecule has 1 N–H and O–H groups in total. The average molecular weight is 772 g/mol. The lowest BCUT2D eigenvalue weighted by Crippen LogP contribution is -2.69. The molecular weight excluding hydrogens is 766 g/mol. The lowest BCUT2D eigenvalue weighted by molar-refractivity contribution is -0.442. The number of phenols is 1. The molecule has 0 amide bonds. The van der Waals surface area contributed by atoms with Crippen LogP contribution in [-0.4, -0.2) is 70.6 Å². The van der Waals surface area contributed by atoms with Crippen molar-refractivity contribution in [2.24, 2.45) is 0 Å². The van der Waals surface area contributed by atoms with E-state index in [2.05, 4.69) is 0 Å². The molecule has 28 heteroatoms. The second-order valence-corrected chi connectivity index (χ2v) is 9.22. The van der Waals surface area contributed by atoms with E-state index in [1.807, 2.05) is 0 Å². The Morgan fingerprint density at radius 2 is 0.708 bits per heavy atom. The van der Waals surface area contributed by atoms with Gasteiger partial charge >= 0.3 is 71.6 Å². The standard InChI is InChI=1S/C20H6F26O2/c1-4(47)6-2-5(9(21,22)11(25,26)13(29,30)15(33,34)17(37,38)19(41,42)43)3-7(8(6)48)10(23,24)12(27,28)14(31,32)16(35,36)18(39,40)20(44,45)46/h2-3,48H,1H3. The third-order valence-electron chi connectivity index (χ3n) is 6.06. The minimum Gasteiger partial charge on any atom is -0.507 e. The highest BCUT2D eigenvalue weighted by molar-refractivity contribution is 5.97. The summed E-state index contributed by atoms with van der Waals surface area (Å²) in [5.74, 6) is -90.4. The number of hydrogen-bond donors (Lipinski definition) is 1. The van der Waals surface area contributed by atoms with Gasteiger partial charge in [-0.3, -0.25) is 4.79 Å². The second-order valence-electron chi connectivity index (χ2n) is 9.22. The van der Waals surface area contributed by atoms with Crippen LogP contribution in [0.5, 0.6) is 5.75 Å². The van der Waals surface area contributed by atoms with Crippen molar-refractivity contribution in [2.45, 2.75) is 78.5 Å². The normalized spacial score (nSPS) is 16.0. The number of rotatable bonds is 11. The van der Waals surface area contributed by atoms with Crippen molar-refractivity contribution in [3.8, 4) is 5.75 Å². The topological polar surface area (TPSA) is 37.3 Å². The highest BCUT2D eigenvalue weighted by atomic mass is 19.4. The van der Waals surface area contributed by atoms with Crippen LogP contribution in [0.25, 0.3) is 0 Å². The molecule has 0 saturated carbocycles. The molecule has 280 valence electrons. The minimum atomic E-state index is -8.81. The first-order chi connectivity index (χ1) is 20.4. The zero-order valence-electron chi connectivity index (χ0n) is 21.3. The summed E-state index contributed by atoms with van der Waals surface area (Å²) in [6, 6.07) is -3.57. The Morgan fingerprint density at radius 1 is 0.438 bits per heavy atom. The van der Waals surface area contributed by atoms with Crippen molar-refractivity contribution in [3.05, 3.63) is 28.8 Å². The number of ketones is 1. The van der Waals surface area contributed by atoms with Gasteiger partial charge in [-0.2, -0.15) is 114 Å². The first kappa shape index (κ1) is 42.9. The van der Waals surface area contributed by atoms with Gasteiger partial charge < -0.3 is 5.11 Å². The fourth-order valence-corrected chi connectivity index (χ4v) is 3.21. The molecule has 1 aromatic rings. The molecule has 0 fully saturated rings. The van der Waals surface area contributed by atoms with Gasteiger partial charge in [-0.15, -0.1) is 0 Å². The van der Waals surface area contributed by atoms with Crippen LogP contribution >= 0.6 is 0 Å². The van der Waals surface area contributed by atoms with Crippen molar-refractivity contribution in [1.82, 2.24) is 0 Å². The molecule has 2 nitrogen and oxygen atoms in total. The van der Waals surface area contributed by atoms with E-state index in [-0.39, 0.29) is 6.92 Å². The van der Waals surface area contributed by atoms with E-state index in [4.69, 9.17) is 0 Å². The number of halogens is 26. The highest BCUT2D eigenvalue weighted by Gasteiger charge is 2.92. The number of Topliss-reactive ketones (excluding diaryl/α,β-unsaturated/α-hetero) is 1. The molecule has 0 heterocycles. The van der Waals surface area contributed by atoms with Crippen LogP contribution in [0.15, 0.2) is 12.1 Å². The number of benzene rings is 1. The van der Waals surface area contributed by atoms with Crippen LogP contribution < -0.4 is 0 Å². The van der Waals surface area contributed by atoms with Crippen LogP contribution in [0.4, 0.5) is 114 Å². The van der Waals surface area contributed by atoms with E-state index in [1.54, 1.807) is 0 Å². The van der Waals surface area contributed by atoms with Gasteiger partial charge in [-0.05, 0) is 19.1 Å². The smallest absolute Gasteiger partial charge is 0.460 e. The molecule has 48 heavy (non-hydrogen) atoms.